The second-order valence-corrected chi connectivity index (χ2v) is 7.57. The number of rotatable bonds is 8. The van der Waals surface area contributed by atoms with Crippen LogP contribution in [0.3, 0.4) is 0 Å². The van der Waals surface area contributed by atoms with Gasteiger partial charge in [-0.05, 0) is 51.0 Å². The first-order chi connectivity index (χ1) is 13.8. The van der Waals surface area contributed by atoms with Crippen molar-refractivity contribution in [2.24, 2.45) is 0 Å². The highest BCUT2D eigenvalue weighted by molar-refractivity contribution is 5.81. The Morgan fingerprint density at radius 1 is 0.966 bits per heavy atom. The third-order valence-electron chi connectivity index (χ3n) is 3.87. The minimum atomic E-state index is -0.833. The highest BCUT2D eigenvalue weighted by Gasteiger charge is 2.25. The first kappa shape index (κ1) is 22.3. The lowest BCUT2D eigenvalue weighted by atomic mass is 10.1. The van der Waals surface area contributed by atoms with Gasteiger partial charge in [-0.1, -0.05) is 42.5 Å². The van der Waals surface area contributed by atoms with Gasteiger partial charge in [-0.2, -0.15) is 0 Å². The zero-order valence-corrected chi connectivity index (χ0v) is 17.4. The number of carbonyl (C=O) groups is 2. The van der Waals surface area contributed by atoms with Gasteiger partial charge in [0.15, 0.2) is 0 Å². The van der Waals surface area contributed by atoms with Crippen LogP contribution in [0.1, 0.15) is 38.8 Å². The summed E-state index contributed by atoms with van der Waals surface area (Å²) in [6.07, 6.45) is -0.366. The Bertz CT molecular complexity index is 781. The molecule has 2 aromatic rings. The van der Waals surface area contributed by atoms with E-state index in [1.165, 1.54) is 0 Å². The van der Waals surface area contributed by atoms with E-state index in [-0.39, 0.29) is 13.0 Å². The molecule has 29 heavy (non-hydrogen) atoms. The molecular formula is C23H29NO5. The Kier molecular flexibility index (Phi) is 8.07. The Morgan fingerprint density at radius 2 is 1.62 bits per heavy atom. The molecule has 2 aromatic carbocycles. The molecule has 0 aliphatic heterocycles. The zero-order chi connectivity index (χ0) is 21.3. The summed E-state index contributed by atoms with van der Waals surface area (Å²) in [7, 11) is 0. The van der Waals surface area contributed by atoms with E-state index in [0.29, 0.717) is 6.61 Å². The molecule has 0 heterocycles. The summed E-state index contributed by atoms with van der Waals surface area (Å²) in [5.74, 6) is 0.230. The van der Waals surface area contributed by atoms with Crippen molar-refractivity contribution < 1.29 is 23.8 Å². The quantitative estimate of drug-likeness (QED) is 0.671. The van der Waals surface area contributed by atoms with Crippen molar-refractivity contribution in [2.45, 2.75) is 52.4 Å². The molecule has 0 aliphatic carbocycles. The molecule has 0 radical (unpaired) electrons. The summed E-state index contributed by atoms with van der Waals surface area (Å²) in [6.45, 7) is 7.73. The molecule has 156 valence electrons. The van der Waals surface area contributed by atoms with Gasteiger partial charge in [0, 0.05) is 6.42 Å². The van der Waals surface area contributed by atoms with Crippen molar-refractivity contribution in [1.29, 1.82) is 0 Å². The highest BCUT2D eigenvalue weighted by atomic mass is 16.6. The van der Waals surface area contributed by atoms with E-state index in [9.17, 15) is 9.59 Å². The molecule has 1 amide bonds. The minimum absolute atomic E-state index is 0.234. The van der Waals surface area contributed by atoms with Crippen LogP contribution in [0.2, 0.25) is 0 Å². The van der Waals surface area contributed by atoms with E-state index in [1.807, 2.05) is 54.6 Å². The van der Waals surface area contributed by atoms with Crippen LogP contribution < -0.4 is 10.1 Å². The second-order valence-electron chi connectivity index (χ2n) is 7.57. The first-order valence-electron chi connectivity index (χ1n) is 9.68. The molecule has 1 N–H and O–H groups in total. The fraction of sp³-hybridized carbons (Fsp3) is 0.391. The molecule has 0 fully saturated rings. The Labute approximate surface area is 172 Å². The van der Waals surface area contributed by atoms with Crippen molar-refractivity contribution in [3.8, 4) is 5.75 Å². The molecule has 0 unspecified atom stereocenters. The van der Waals surface area contributed by atoms with E-state index in [4.69, 9.17) is 14.2 Å². The number of hydrogen-bond donors (Lipinski definition) is 1. The van der Waals surface area contributed by atoms with E-state index < -0.39 is 23.7 Å². The van der Waals surface area contributed by atoms with Gasteiger partial charge in [0.1, 0.15) is 24.0 Å². The smallest absolute Gasteiger partial charge is 0.408 e. The molecule has 0 bridgehead atoms. The summed E-state index contributed by atoms with van der Waals surface area (Å²) in [5.41, 5.74) is 1.30. The fourth-order valence-corrected chi connectivity index (χ4v) is 2.58. The normalized spacial score (nSPS) is 12.0. The van der Waals surface area contributed by atoms with Gasteiger partial charge in [-0.25, -0.2) is 9.59 Å². The van der Waals surface area contributed by atoms with Crippen LogP contribution in [0.15, 0.2) is 54.6 Å². The molecule has 0 saturated carbocycles. The van der Waals surface area contributed by atoms with Crippen LogP contribution in [0.25, 0.3) is 0 Å². The minimum Gasteiger partial charge on any atom is -0.489 e. The summed E-state index contributed by atoms with van der Waals surface area (Å²) in [5, 5.41) is 2.60. The van der Waals surface area contributed by atoms with Crippen molar-refractivity contribution >= 4 is 12.1 Å². The fourth-order valence-electron chi connectivity index (χ4n) is 2.58. The van der Waals surface area contributed by atoms with Gasteiger partial charge in [0.25, 0.3) is 0 Å². The van der Waals surface area contributed by atoms with Crippen LogP contribution in [0.5, 0.6) is 5.75 Å². The predicted octanol–water partition coefficient (Wildman–Crippen LogP) is 4.26. The van der Waals surface area contributed by atoms with E-state index in [2.05, 4.69) is 5.32 Å². The van der Waals surface area contributed by atoms with E-state index in [0.717, 1.165) is 16.9 Å². The van der Waals surface area contributed by atoms with Gasteiger partial charge in [0.05, 0.1) is 6.61 Å². The first-order valence-corrected chi connectivity index (χ1v) is 9.68. The standard InChI is InChI=1S/C23H29NO5/c1-5-27-21(25)20(24-22(26)29-23(2,3)4)15-17-11-13-19(14-12-17)28-16-18-9-7-6-8-10-18/h6-14,20H,5,15-16H2,1-4H3,(H,24,26)/t20-/m1/s1. The number of carbonyl (C=O) groups excluding carboxylic acids is 2. The number of hydrogen-bond acceptors (Lipinski definition) is 5. The monoisotopic (exact) mass is 399 g/mol. The van der Waals surface area contributed by atoms with Crippen LogP contribution in [-0.2, 0) is 27.3 Å². The molecule has 0 spiro atoms. The summed E-state index contributed by atoms with van der Waals surface area (Å²) in [4.78, 5) is 24.3. The van der Waals surface area contributed by atoms with Gasteiger partial charge >= 0.3 is 12.1 Å². The van der Waals surface area contributed by atoms with Gasteiger partial charge in [-0.3, -0.25) is 0 Å². The number of benzene rings is 2. The van der Waals surface area contributed by atoms with Crippen molar-refractivity contribution in [2.75, 3.05) is 6.61 Å². The number of ether oxygens (including phenoxy) is 3. The average molecular weight is 399 g/mol. The number of alkyl carbamates (subject to hydrolysis) is 1. The van der Waals surface area contributed by atoms with Crippen LogP contribution in [0.4, 0.5) is 4.79 Å². The average Bonchev–Trinajstić information content (AvgIpc) is 2.66. The largest absolute Gasteiger partial charge is 0.489 e. The lowest BCUT2D eigenvalue weighted by Crippen LogP contribution is -2.45. The second kappa shape index (κ2) is 10.5. The molecule has 2 rings (SSSR count). The maximum atomic E-state index is 12.3. The van der Waals surface area contributed by atoms with Crippen LogP contribution in [0, 0.1) is 0 Å². The summed E-state index contributed by atoms with van der Waals surface area (Å²) < 4.78 is 16.1. The van der Waals surface area contributed by atoms with Crippen LogP contribution >= 0.6 is 0 Å². The highest BCUT2D eigenvalue weighted by Crippen LogP contribution is 2.16. The maximum absolute atomic E-state index is 12.3. The SMILES string of the molecule is CCOC(=O)[C@@H](Cc1ccc(OCc2ccccc2)cc1)NC(=O)OC(C)(C)C. The Balaban J connectivity index is 1.98. The van der Waals surface area contributed by atoms with Crippen molar-refractivity contribution in [1.82, 2.24) is 5.32 Å². The Morgan fingerprint density at radius 3 is 2.21 bits per heavy atom. The Hall–Kier alpha value is -3.02. The van der Waals surface area contributed by atoms with Gasteiger partial charge in [-0.15, -0.1) is 0 Å². The lowest BCUT2D eigenvalue weighted by molar-refractivity contribution is -0.145. The van der Waals surface area contributed by atoms with Crippen molar-refractivity contribution in [3.63, 3.8) is 0 Å². The van der Waals surface area contributed by atoms with Gasteiger partial charge < -0.3 is 19.5 Å². The molecule has 6 heteroatoms. The summed E-state index contributed by atoms with van der Waals surface area (Å²) in [6, 6.07) is 16.5. The topological polar surface area (TPSA) is 73.9 Å². The molecule has 6 nitrogen and oxygen atoms in total. The molecule has 1 atom stereocenters. The molecule has 0 aromatic heterocycles. The van der Waals surface area contributed by atoms with Gasteiger partial charge in [0.2, 0.25) is 0 Å². The van der Waals surface area contributed by atoms with Crippen LogP contribution in [-0.4, -0.2) is 30.3 Å². The summed E-state index contributed by atoms with van der Waals surface area (Å²) >= 11 is 0. The molecule has 0 aliphatic rings. The number of amides is 1. The number of esters is 1. The van der Waals surface area contributed by atoms with E-state index in [1.54, 1.807) is 27.7 Å². The third kappa shape index (κ3) is 8.25. The molecule has 0 saturated heterocycles. The third-order valence-corrected chi connectivity index (χ3v) is 3.87. The number of nitrogens with one attached hydrogen (secondary N) is 1. The lowest BCUT2D eigenvalue weighted by Gasteiger charge is -2.23. The van der Waals surface area contributed by atoms with Crippen molar-refractivity contribution in [3.05, 3.63) is 65.7 Å². The predicted molar refractivity (Wildman–Crippen MR) is 111 cm³/mol. The zero-order valence-electron chi connectivity index (χ0n) is 17.4. The van der Waals surface area contributed by atoms with E-state index >= 15 is 0 Å². The molecular weight excluding hydrogens is 370 g/mol. The maximum Gasteiger partial charge on any atom is 0.408 e.